The van der Waals surface area contributed by atoms with Gasteiger partial charge in [-0.15, -0.1) is 21.5 Å². The SMILES string of the molecule is C[C@H](Sc1nnc(Cc2ccccc2)n1-c1ccc(F)cc1)C(=O)NCc1cccs1. The van der Waals surface area contributed by atoms with E-state index in [-0.39, 0.29) is 17.0 Å². The lowest BCUT2D eigenvalue weighted by molar-refractivity contribution is -0.120. The van der Waals surface area contributed by atoms with Crippen molar-refractivity contribution in [1.29, 1.82) is 0 Å². The second kappa shape index (κ2) is 9.89. The molecule has 0 aliphatic carbocycles. The maximum atomic E-state index is 13.5. The molecule has 158 valence electrons. The molecule has 0 aliphatic heterocycles. The Balaban J connectivity index is 1.56. The zero-order chi connectivity index (χ0) is 21.6. The molecule has 2 heterocycles. The van der Waals surface area contributed by atoms with Gasteiger partial charge >= 0.3 is 0 Å². The van der Waals surface area contributed by atoms with E-state index in [1.807, 2.05) is 59.3 Å². The smallest absolute Gasteiger partial charge is 0.233 e. The van der Waals surface area contributed by atoms with Crippen molar-refractivity contribution in [3.63, 3.8) is 0 Å². The highest BCUT2D eigenvalue weighted by Crippen LogP contribution is 2.27. The van der Waals surface area contributed by atoms with Crippen LogP contribution >= 0.6 is 23.1 Å². The highest BCUT2D eigenvalue weighted by atomic mass is 32.2. The van der Waals surface area contributed by atoms with Gasteiger partial charge in [0.1, 0.15) is 11.6 Å². The minimum atomic E-state index is -0.368. The van der Waals surface area contributed by atoms with Crippen LogP contribution in [0, 0.1) is 5.82 Å². The molecule has 31 heavy (non-hydrogen) atoms. The number of carbonyl (C=O) groups excluding carboxylic acids is 1. The summed E-state index contributed by atoms with van der Waals surface area (Å²) >= 11 is 2.94. The van der Waals surface area contributed by atoms with Crippen LogP contribution in [-0.4, -0.2) is 25.9 Å². The first-order valence-electron chi connectivity index (χ1n) is 9.81. The van der Waals surface area contributed by atoms with E-state index in [0.717, 1.165) is 22.0 Å². The summed E-state index contributed by atoms with van der Waals surface area (Å²) in [6.07, 6.45) is 0.574. The van der Waals surface area contributed by atoms with E-state index in [2.05, 4.69) is 15.5 Å². The van der Waals surface area contributed by atoms with E-state index in [0.29, 0.717) is 18.1 Å². The molecule has 0 aliphatic rings. The highest BCUT2D eigenvalue weighted by Gasteiger charge is 2.21. The van der Waals surface area contributed by atoms with E-state index in [1.165, 1.54) is 23.9 Å². The van der Waals surface area contributed by atoms with Crippen molar-refractivity contribution >= 4 is 29.0 Å². The first-order valence-corrected chi connectivity index (χ1v) is 11.6. The molecule has 4 rings (SSSR count). The van der Waals surface area contributed by atoms with Gasteiger partial charge in [0.25, 0.3) is 0 Å². The lowest BCUT2D eigenvalue weighted by Crippen LogP contribution is -2.30. The molecule has 0 saturated carbocycles. The first-order chi connectivity index (χ1) is 15.1. The van der Waals surface area contributed by atoms with Gasteiger partial charge in [0.05, 0.1) is 11.8 Å². The van der Waals surface area contributed by atoms with Crippen LogP contribution in [-0.2, 0) is 17.8 Å². The second-order valence-electron chi connectivity index (χ2n) is 6.93. The number of carbonyl (C=O) groups is 1. The number of hydrogen-bond donors (Lipinski definition) is 1. The Labute approximate surface area is 188 Å². The van der Waals surface area contributed by atoms with Gasteiger partial charge in [0.2, 0.25) is 5.91 Å². The summed E-state index contributed by atoms with van der Waals surface area (Å²) in [5, 5.41) is 13.9. The number of halogens is 1. The van der Waals surface area contributed by atoms with Gasteiger partial charge in [-0.25, -0.2) is 4.39 Å². The molecule has 0 radical (unpaired) electrons. The number of aromatic nitrogens is 3. The summed E-state index contributed by atoms with van der Waals surface area (Å²) < 4.78 is 15.4. The van der Waals surface area contributed by atoms with Crippen LogP contribution in [0.5, 0.6) is 0 Å². The fourth-order valence-corrected chi connectivity index (χ4v) is 4.62. The summed E-state index contributed by atoms with van der Waals surface area (Å²) in [4.78, 5) is 13.7. The number of thiophene rings is 1. The van der Waals surface area contributed by atoms with Crippen molar-refractivity contribution in [2.24, 2.45) is 0 Å². The maximum Gasteiger partial charge on any atom is 0.233 e. The third-order valence-corrected chi connectivity index (χ3v) is 6.58. The number of nitrogens with one attached hydrogen (secondary N) is 1. The Morgan fingerprint density at radius 3 is 2.58 bits per heavy atom. The number of hydrogen-bond acceptors (Lipinski definition) is 5. The molecule has 2 aromatic heterocycles. The van der Waals surface area contributed by atoms with Gasteiger partial charge in [0.15, 0.2) is 5.16 Å². The molecular formula is C23H21FN4OS2. The number of benzene rings is 2. The Kier molecular flexibility index (Phi) is 6.79. The van der Waals surface area contributed by atoms with E-state index < -0.39 is 0 Å². The van der Waals surface area contributed by atoms with Gasteiger partial charge in [-0.05, 0) is 48.2 Å². The monoisotopic (exact) mass is 452 g/mol. The van der Waals surface area contributed by atoms with Crippen molar-refractivity contribution in [1.82, 2.24) is 20.1 Å². The van der Waals surface area contributed by atoms with Crippen LogP contribution in [0.1, 0.15) is 23.2 Å². The number of nitrogens with zero attached hydrogens (tertiary/aromatic N) is 3. The predicted octanol–water partition coefficient (Wildman–Crippen LogP) is 4.86. The molecular weight excluding hydrogens is 431 g/mol. The lowest BCUT2D eigenvalue weighted by Gasteiger charge is -2.14. The number of amides is 1. The third-order valence-electron chi connectivity index (χ3n) is 4.66. The average Bonchev–Trinajstić information content (AvgIpc) is 3.44. The molecule has 0 bridgehead atoms. The molecule has 2 aromatic carbocycles. The molecule has 8 heteroatoms. The molecule has 0 spiro atoms. The van der Waals surface area contributed by atoms with Crippen LogP contribution in [0.2, 0.25) is 0 Å². The van der Waals surface area contributed by atoms with Crippen LogP contribution in [0.3, 0.4) is 0 Å². The number of thioether (sulfide) groups is 1. The largest absolute Gasteiger partial charge is 0.350 e. The highest BCUT2D eigenvalue weighted by molar-refractivity contribution is 8.00. The third kappa shape index (κ3) is 5.39. The molecule has 1 atom stereocenters. The van der Waals surface area contributed by atoms with E-state index >= 15 is 0 Å². The summed E-state index contributed by atoms with van der Waals surface area (Å²) in [6, 6.07) is 20.1. The summed E-state index contributed by atoms with van der Waals surface area (Å²) in [6.45, 7) is 2.35. The van der Waals surface area contributed by atoms with E-state index in [4.69, 9.17) is 0 Å². The fourth-order valence-electron chi connectivity index (χ4n) is 3.06. The zero-order valence-corrected chi connectivity index (χ0v) is 18.5. The quantitative estimate of drug-likeness (QED) is 0.388. The Bertz CT molecular complexity index is 1130. The van der Waals surface area contributed by atoms with E-state index in [9.17, 15) is 9.18 Å². The molecule has 0 fully saturated rings. The topological polar surface area (TPSA) is 59.8 Å². The minimum Gasteiger partial charge on any atom is -0.350 e. The summed E-state index contributed by atoms with van der Waals surface area (Å²) in [7, 11) is 0. The Hall–Kier alpha value is -2.97. The van der Waals surface area contributed by atoms with Gasteiger partial charge in [-0.2, -0.15) is 0 Å². The zero-order valence-electron chi connectivity index (χ0n) is 16.9. The van der Waals surface area contributed by atoms with Gasteiger partial charge in [-0.3, -0.25) is 9.36 Å². The fraction of sp³-hybridized carbons (Fsp3) is 0.174. The van der Waals surface area contributed by atoms with Gasteiger partial charge < -0.3 is 5.32 Å². The molecule has 0 unspecified atom stereocenters. The Morgan fingerprint density at radius 1 is 1.10 bits per heavy atom. The molecule has 0 saturated heterocycles. The van der Waals surface area contributed by atoms with Crippen LogP contribution in [0.4, 0.5) is 4.39 Å². The van der Waals surface area contributed by atoms with Crippen molar-refractivity contribution < 1.29 is 9.18 Å². The normalized spacial score (nSPS) is 11.9. The molecule has 1 N–H and O–H groups in total. The maximum absolute atomic E-state index is 13.5. The minimum absolute atomic E-state index is 0.0725. The van der Waals surface area contributed by atoms with Crippen molar-refractivity contribution in [3.05, 3.63) is 94.2 Å². The summed E-state index contributed by atoms with van der Waals surface area (Å²) in [5.41, 5.74) is 1.85. The van der Waals surface area contributed by atoms with E-state index in [1.54, 1.807) is 23.5 Å². The van der Waals surface area contributed by atoms with Crippen molar-refractivity contribution in [3.8, 4) is 5.69 Å². The van der Waals surface area contributed by atoms with Crippen molar-refractivity contribution in [2.45, 2.75) is 30.3 Å². The average molecular weight is 453 g/mol. The Morgan fingerprint density at radius 2 is 1.87 bits per heavy atom. The van der Waals surface area contributed by atoms with Crippen LogP contribution in [0.15, 0.2) is 77.3 Å². The lowest BCUT2D eigenvalue weighted by atomic mass is 10.1. The molecule has 5 nitrogen and oxygen atoms in total. The molecule has 4 aromatic rings. The first kappa shape index (κ1) is 21.3. The summed E-state index contributed by atoms with van der Waals surface area (Å²) in [5.74, 6) is 0.347. The second-order valence-corrected chi connectivity index (χ2v) is 9.27. The van der Waals surface area contributed by atoms with Gasteiger partial charge in [0, 0.05) is 17.0 Å². The molecule has 1 amide bonds. The van der Waals surface area contributed by atoms with Gasteiger partial charge in [-0.1, -0.05) is 48.2 Å². The van der Waals surface area contributed by atoms with Crippen LogP contribution in [0.25, 0.3) is 5.69 Å². The van der Waals surface area contributed by atoms with Crippen LogP contribution < -0.4 is 5.32 Å². The number of rotatable bonds is 8. The predicted molar refractivity (Wildman–Crippen MR) is 122 cm³/mol. The standard InChI is InChI=1S/C23H21FN4OS2/c1-16(22(29)25-15-20-8-5-13-30-20)31-23-27-26-21(14-17-6-3-2-4-7-17)28(23)19-11-9-18(24)10-12-19/h2-13,16H,14-15H2,1H3,(H,25,29)/t16-/m0/s1. The van der Waals surface area contributed by atoms with Crippen molar-refractivity contribution in [2.75, 3.05) is 0 Å².